The van der Waals surface area contributed by atoms with E-state index in [0.717, 1.165) is 16.4 Å². The smallest absolute Gasteiger partial charge is 0.339 e. The van der Waals surface area contributed by atoms with Crippen LogP contribution < -0.4 is 10.1 Å². The second-order valence-electron chi connectivity index (χ2n) is 4.49. The zero-order valence-electron chi connectivity index (χ0n) is 10.4. The van der Waals surface area contributed by atoms with Gasteiger partial charge in [-0.2, -0.15) is 0 Å². The maximum absolute atomic E-state index is 11.8. The molecule has 0 saturated heterocycles. The largest absolute Gasteiger partial charge is 0.480 e. The molecule has 1 amide bonds. The van der Waals surface area contributed by atoms with Gasteiger partial charge in [0.2, 0.25) is 0 Å². The molecule has 19 heavy (non-hydrogen) atoms. The van der Waals surface area contributed by atoms with Crippen molar-refractivity contribution in [3.8, 4) is 5.75 Å². The first-order valence-electron chi connectivity index (χ1n) is 5.97. The summed E-state index contributed by atoms with van der Waals surface area (Å²) < 4.78 is 6.26. The summed E-state index contributed by atoms with van der Waals surface area (Å²) in [6.07, 6.45) is 1.30. The summed E-state index contributed by atoms with van der Waals surface area (Å²) in [4.78, 5) is 22.9. The fourth-order valence-corrected chi connectivity index (χ4v) is 2.05. The Morgan fingerprint density at radius 2 is 2.16 bits per heavy atom. The van der Waals surface area contributed by atoms with Crippen molar-refractivity contribution in [1.82, 2.24) is 5.32 Å². The molecule has 6 heteroatoms. The number of carbonyl (C=O) groups is 2. The molecule has 1 atom stereocenters. The van der Waals surface area contributed by atoms with Gasteiger partial charge in [0.05, 0.1) is 0 Å². The fourth-order valence-electron chi connectivity index (χ4n) is 1.56. The minimum absolute atomic E-state index is 0.0676. The van der Waals surface area contributed by atoms with Crippen LogP contribution in [0.2, 0.25) is 0 Å². The molecule has 1 aliphatic rings. The topological polar surface area (TPSA) is 75.6 Å². The van der Waals surface area contributed by atoms with E-state index in [1.807, 2.05) is 22.6 Å². The van der Waals surface area contributed by atoms with E-state index in [2.05, 4.69) is 5.32 Å². The van der Waals surface area contributed by atoms with Crippen molar-refractivity contribution in [3.63, 3.8) is 0 Å². The second kappa shape index (κ2) is 5.77. The molecule has 1 saturated carbocycles. The third-order valence-corrected chi connectivity index (χ3v) is 3.44. The number of carboxylic acids is 1. The number of benzene rings is 1. The van der Waals surface area contributed by atoms with Crippen LogP contribution in [-0.4, -0.2) is 29.1 Å². The summed E-state index contributed by atoms with van der Waals surface area (Å²) >= 11 is 2.03. The van der Waals surface area contributed by atoms with Gasteiger partial charge in [-0.3, -0.25) is 4.79 Å². The number of carboxylic acid groups (broad SMARTS) is 1. The zero-order chi connectivity index (χ0) is 14.0. The SMILES string of the molecule is CC(Oc1ccc(I)cc1C(=O)O)C(=O)NC1CC1. The summed E-state index contributed by atoms with van der Waals surface area (Å²) in [5, 5.41) is 11.9. The summed E-state index contributed by atoms with van der Waals surface area (Å²) in [7, 11) is 0. The average molecular weight is 375 g/mol. The lowest BCUT2D eigenvalue weighted by atomic mass is 10.2. The van der Waals surface area contributed by atoms with Crippen molar-refractivity contribution in [3.05, 3.63) is 27.3 Å². The minimum Gasteiger partial charge on any atom is -0.480 e. The molecule has 0 heterocycles. The van der Waals surface area contributed by atoms with Crippen LogP contribution in [0.1, 0.15) is 30.1 Å². The Balaban J connectivity index is 2.08. The number of hydrogen-bond donors (Lipinski definition) is 2. The predicted octanol–water partition coefficient (Wildman–Crippen LogP) is 2.04. The van der Waals surface area contributed by atoms with E-state index in [0.29, 0.717) is 0 Å². The molecule has 1 fully saturated rings. The number of carbonyl (C=O) groups excluding carboxylic acids is 1. The Labute approximate surface area is 124 Å². The molecular weight excluding hydrogens is 361 g/mol. The van der Waals surface area contributed by atoms with E-state index in [1.165, 1.54) is 6.07 Å². The van der Waals surface area contributed by atoms with Crippen molar-refractivity contribution < 1.29 is 19.4 Å². The Kier molecular flexibility index (Phi) is 4.28. The third-order valence-electron chi connectivity index (χ3n) is 2.77. The van der Waals surface area contributed by atoms with Gasteiger partial charge >= 0.3 is 5.97 Å². The molecule has 0 radical (unpaired) electrons. The van der Waals surface area contributed by atoms with Crippen LogP contribution in [0.4, 0.5) is 0 Å². The van der Waals surface area contributed by atoms with Crippen molar-refractivity contribution >= 4 is 34.5 Å². The predicted molar refractivity (Wildman–Crippen MR) is 77.4 cm³/mol. The molecule has 1 unspecified atom stereocenters. The first-order chi connectivity index (χ1) is 8.97. The van der Waals surface area contributed by atoms with E-state index in [1.54, 1.807) is 19.1 Å². The van der Waals surface area contributed by atoms with Gasteiger partial charge in [-0.1, -0.05) is 0 Å². The van der Waals surface area contributed by atoms with Crippen molar-refractivity contribution in [2.75, 3.05) is 0 Å². The number of amides is 1. The summed E-state index contributed by atoms with van der Waals surface area (Å²) in [6.45, 7) is 1.61. The van der Waals surface area contributed by atoms with Gasteiger partial charge in [0.25, 0.3) is 5.91 Å². The monoisotopic (exact) mass is 375 g/mol. The van der Waals surface area contributed by atoms with Gasteiger partial charge in [-0.15, -0.1) is 0 Å². The van der Waals surface area contributed by atoms with Gasteiger partial charge in [0.1, 0.15) is 11.3 Å². The van der Waals surface area contributed by atoms with Gasteiger partial charge < -0.3 is 15.2 Å². The second-order valence-corrected chi connectivity index (χ2v) is 5.73. The highest BCUT2D eigenvalue weighted by Crippen LogP contribution is 2.23. The maximum Gasteiger partial charge on any atom is 0.339 e. The molecule has 1 aliphatic carbocycles. The van der Waals surface area contributed by atoms with Crippen LogP contribution in [0.25, 0.3) is 0 Å². The summed E-state index contributed by atoms with van der Waals surface area (Å²) in [6, 6.07) is 5.10. The minimum atomic E-state index is -1.07. The first-order valence-corrected chi connectivity index (χ1v) is 7.05. The highest BCUT2D eigenvalue weighted by atomic mass is 127. The molecule has 5 nitrogen and oxygen atoms in total. The maximum atomic E-state index is 11.8. The van der Waals surface area contributed by atoms with E-state index < -0.39 is 12.1 Å². The molecule has 2 rings (SSSR count). The normalized spacial score (nSPS) is 15.7. The molecule has 102 valence electrons. The average Bonchev–Trinajstić information content (AvgIpc) is 3.14. The Morgan fingerprint density at radius 3 is 2.74 bits per heavy atom. The molecule has 0 aromatic heterocycles. The number of hydrogen-bond acceptors (Lipinski definition) is 3. The molecule has 0 spiro atoms. The molecule has 1 aromatic carbocycles. The summed E-state index contributed by atoms with van der Waals surface area (Å²) in [5.74, 6) is -1.06. The van der Waals surface area contributed by atoms with Crippen LogP contribution >= 0.6 is 22.6 Å². The molecule has 1 aromatic rings. The van der Waals surface area contributed by atoms with E-state index in [9.17, 15) is 9.59 Å². The lowest BCUT2D eigenvalue weighted by Crippen LogP contribution is -2.37. The van der Waals surface area contributed by atoms with Gasteiger partial charge in [0, 0.05) is 9.61 Å². The number of ether oxygens (including phenoxy) is 1. The van der Waals surface area contributed by atoms with Crippen molar-refractivity contribution in [2.24, 2.45) is 0 Å². The molecule has 2 N–H and O–H groups in total. The van der Waals surface area contributed by atoms with Gasteiger partial charge in [-0.05, 0) is 60.6 Å². The third kappa shape index (κ3) is 3.82. The fraction of sp³-hybridized carbons (Fsp3) is 0.385. The van der Waals surface area contributed by atoms with E-state index >= 15 is 0 Å². The highest BCUT2D eigenvalue weighted by molar-refractivity contribution is 14.1. The molecule has 0 aliphatic heterocycles. The van der Waals surface area contributed by atoms with Crippen molar-refractivity contribution in [2.45, 2.75) is 31.9 Å². The lowest BCUT2D eigenvalue weighted by Gasteiger charge is -2.16. The van der Waals surface area contributed by atoms with E-state index in [4.69, 9.17) is 9.84 Å². The first kappa shape index (κ1) is 14.1. The Hall–Kier alpha value is -1.31. The Bertz CT molecular complexity index is 513. The highest BCUT2D eigenvalue weighted by Gasteiger charge is 2.27. The van der Waals surface area contributed by atoms with Crippen molar-refractivity contribution in [1.29, 1.82) is 0 Å². The number of nitrogens with one attached hydrogen (secondary N) is 1. The molecular formula is C13H14INO4. The van der Waals surface area contributed by atoms with E-state index in [-0.39, 0.29) is 23.3 Å². The standard InChI is InChI=1S/C13H14INO4/c1-7(12(16)15-9-3-4-9)19-11-5-2-8(14)6-10(11)13(17)18/h2,5-7,9H,3-4H2,1H3,(H,15,16)(H,17,18). The number of aromatic carboxylic acids is 1. The summed E-state index contributed by atoms with van der Waals surface area (Å²) in [5.41, 5.74) is 0.0676. The van der Waals surface area contributed by atoms with Crippen LogP contribution in [0.3, 0.4) is 0 Å². The van der Waals surface area contributed by atoms with Crippen LogP contribution in [-0.2, 0) is 4.79 Å². The van der Waals surface area contributed by atoms with Crippen LogP contribution in [0, 0.1) is 3.57 Å². The quantitative estimate of drug-likeness (QED) is 0.773. The number of rotatable bonds is 5. The lowest BCUT2D eigenvalue weighted by molar-refractivity contribution is -0.127. The van der Waals surface area contributed by atoms with Gasteiger partial charge in [-0.25, -0.2) is 4.79 Å². The number of halogens is 1. The van der Waals surface area contributed by atoms with Crippen LogP contribution in [0.15, 0.2) is 18.2 Å². The zero-order valence-corrected chi connectivity index (χ0v) is 12.5. The van der Waals surface area contributed by atoms with Crippen LogP contribution in [0.5, 0.6) is 5.75 Å². The Morgan fingerprint density at radius 1 is 1.47 bits per heavy atom. The molecule has 0 bridgehead atoms. The van der Waals surface area contributed by atoms with Gasteiger partial charge in [0.15, 0.2) is 6.10 Å².